The third-order valence-electron chi connectivity index (χ3n) is 1.06. The van der Waals surface area contributed by atoms with Gasteiger partial charge in [0.2, 0.25) is 0 Å². The van der Waals surface area contributed by atoms with Crippen LogP contribution in [0, 0.1) is 0 Å². The summed E-state index contributed by atoms with van der Waals surface area (Å²) >= 11 is 0. The SMILES string of the molecule is CC(=O)O[Si](O[SiH3])(OC(C)=O)OC(C)=O. The highest BCUT2D eigenvalue weighted by molar-refractivity contribution is 6.62. The van der Waals surface area contributed by atoms with Crippen LogP contribution < -0.4 is 0 Å². The van der Waals surface area contributed by atoms with Crippen LogP contribution in [0.1, 0.15) is 20.8 Å². The normalized spacial score (nSPS) is 10.6. The second-order valence-corrected chi connectivity index (χ2v) is 5.73. The lowest BCUT2D eigenvalue weighted by Crippen LogP contribution is -2.51. The number of carbonyl (C=O) groups is 3. The predicted octanol–water partition coefficient (Wildman–Crippen LogP) is -1.59. The third kappa shape index (κ3) is 5.29. The Balaban J connectivity index is 4.81. The highest BCUT2D eigenvalue weighted by Crippen LogP contribution is 2.11. The molecule has 0 fully saturated rings. The number of hydrogen-bond donors (Lipinski definition) is 0. The molecule has 0 bridgehead atoms. The first-order chi connectivity index (χ1) is 6.81. The molecule has 0 rings (SSSR count). The highest BCUT2D eigenvalue weighted by Gasteiger charge is 2.55. The molecule has 15 heavy (non-hydrogen) atoms. The average molecular weight is 252 g/mol. The lowest BCUT2D eigenvalue weighted by atomic mass is 10.9. The zero-order valence-corrected chi connectivity index (χ0v) is 11.9. The summed E-state index contributed by atoms with van der Waals surface area (Å²) in [7, 11) is -3.85. The van der Waals surface area contributed by atoms with Gasteiger partial charge in [0.05, 0.1) is 0 Å². The minimum Gasteiger partial charge on any atom is -0.433 e. The van der Waals surface area contributed by atoms with E-state index in [9.17, 15) is 14.4 Å². The van der Waals surface area contributed by atoms with Gasteiger partial charge < -0.3 is 17.4 Å². The average Bonchev–Trinajstić information content (AvgIpc) is 1.99. The van der Waals surface area contributed by atoms with Crippen LogP contribution in [0.4, 0.5) is 0 Å². The molecule has 0 heterocycles. The van der Waals surface area contributed by atoms with Gasteiger partial charge in [0.25, 0.3) is 17.9 Å². The van der Waals surface area contributed by atoms with E-state index in [1.54, 1.807) is 0 Å². The van der Waals surface area contributed by atoms with Gasteiger partial charge in [-0.2, -0.15) is 0 Å². The number of hydrogen-bond acceptors (Lipinski definition) is 7. The largest absolute Gasteiger partial charge is 0.887 e. The van der Waals surface area contributed by atoms with Crippen molar-refractivity contribution in [2.24, 2.45) is 0 Å². The summed E-state index contributed by atoms with van der Waals surface area (Å²) in [6.07, 6.45) is 0. The zero-order valence-electron chi connectivity index (χ0n) is 8.86. The summed E-state index contributed by atoms with van der Waals surface area (Å²) < 4.78 is 18.7. The summed E-state index contributed by atoms with van der Waals surface area (Å²) in [6, 6.07) is 0. The van der Waals surface area contributed by atoms with Crippen molar-refractivity contribution in [2.45, 2.75) is 20.8 Å². The fraction of sp³-hybridized carbons (Fsp3) is 0.500. The molecule has 0 aromatic heterocycles. The van der Waals surface area contributed by atoms with Gasteiger partial charge >= 0.3 is 9.05 Å². The molecule has 0 amide bonds. The number of carbonyl (C=O) groups excluding carboxylic acids is 3. The Kier molecular flexibility index (Phi) is 5.18. The standard InChI is InChI=1S/C6H12O7Si2/c1-4(7)10-15(13-14,11-5(2)8)12-6(3)9/h1-3,14H3. The van der Waals surface area contributed by atoms with Gasteiger partial charge in [0.1, 0.15) is 10.5 Å². The van der Waals surface area contributed by atoms with Gasteiger partial charge in [-0.05, 0) is 0 Å². The maximum Gasteiger partial charge on any atom is 0.887 e. The zero-order chi connectivity index (χ0) is 12.1. The molecule has 0 saturated carbocycles. The minimum atomic E-state index is -3.95. The smallest absolute Gasteiger partial charge is 0.433 e. The Hall–Kier alpha value is -1.20. The lowest BCUT2D eigenvalue weighted by Gasteiger charge is -2.22. The van der Waals surface area contributed by atoms with Gasteiger partial charge in [-0.15, -0.1) is 0 Å². The molecule has 0 aromatic carbocycles. The van der Waals surface area contributed by atoms with Gasteiger partial charge in [-0.3, -0.25) is 14.4 Å². The summed E-state index contributed by atoms with van der Waals surface area (Å²) in [4.78, 5) is 32.2. The lowest BCUT2D eigenvalue weighted by molar-refractivity contribution is -0.152. The fourth-order valence-corrected chi connectivity index (χ4v) is 2.90. The predicted molar refractivity (Wildman–Crippen MR) is 52.1 cm³/mol. The molecule has 0 saturated heterocycles. The first-order valence-corrected chi connectivity index (χ1v) is 6.40. The molecule has 0 aliphatic carbocycles. The second-order valence-electron chi connectivity index (χ2n) is 2.49. The molecule has 9 heteroatoms. The van der Waals surface area contributed by atoms with Crippen LogP contribution in [0.15, 0.2) is 0 Å². The second kappa shape index (κ2) is 5.63. The van der Waals surface area contributed by atoms with Crippen LogP contribution in [0.3, 0.4) is 0 Å². The van der Waals surface area contributed by atoms with Gasteiger partial charge in [-0.1, -0.05) is 0 Å². The first kappa shape index (κ1) is 13.8. The first-order valence-electron chi connectivity index (χ1n) is 3.95. The topological polar surface area (TPSA) is 88.1 Å². The van der Waals surface area contributed by atoms with E-state index < -0.39 is 27.0 Å². The molecule has 0 aromatic rings. The highest BCUT2D eigenvalue weighted by atomic mass is 28.4. The molecular weight excluding hydrogens is 240 g/mol. The van der Waals surface area contributed by atoms with E-state index in [0.29, 0.717) is 0 Å². The van der Waals surface area contributed by atoms with E-state index in [4.69, 9.17) is 4.12 Å². The quantitative estimate of drug-likeness (QED) is 0.557. The van der Waals surface area contributed by atoms with Crippen LogP contribution in [0.25, 0.3) is 0 Å². The number of rotatable bonds is 4. The molecule has 86 valence electrons. The maximum absolute atomic E-state index is 10.7. The van der Waals surface area contributed by atoms with Crippen LogP contribution in [-0.2, 0) is 31.8 Å². The van der Waals surface area contributed by atoms with Gasteiger partial charge in [-0.25, -0.2) is 0 Å². The van der Waals surface area contributed by atoms with Crippen LogP contribution in [0.2, 0.25) is 0 Å². The van der Waals surface area contributed by atoms with E-state index in [2.05, 4.69) is 13.3 Å². The molecule has 0 unspecified atom stereocenters. The summed E-state index contributed by atoms with van der Waals surface area (Å²) in [6.45, 7) is 3.28. The molecule has 0 aliphatic heterocycles. The van der Waals surface area contributed by atoms with Crippen molar-refractivity contribution in [2.75, 3.05) is 0 Å². The van der Waals surface area contributed by atoms with Gasteiger partial charge in [0.15, 0.2) is 0 Å². The van der Waals surface area contributed by atoms with Crippen LogP contribution in [0.5, 0.6) is 0 Å². The maximum atomic E-state index is 10.7. The van der Waals surface area contributed by atoms with Crippen molar-refractivity contribution >= 4 is 37.4 Å². The van der Waals surface area contributed by atoms with Crippen molar-refractivity contribution < 1.29 is 31.8 Å². The molecule has 7 nitrogen and oxygen atoms in total. The van der Waals surface area contributed by atoms with E-state index in [-0.39, 0.29) is 10.5 Å². The Morgan fingerprint density at radius 2 is 1.13 bits per heavy atom. The van der Waals surface area contributed by atoms with E-state index in [1.165, 1.54) is 0 Å². The Bertz CT molecular complexity index is 236. The van der Waals surface area contributed by atoms with Crippen molar-refractivity contribution in [3.63, 3.8) is 0 Å². The minimum absolute atomic E-state index is 0.0925. The van der Waals surface area contributed by atoms with Crippen LogP contribution >= 0.6 is 0 Å². The molecule has 0 atom stereocenters. The summed E-state index contributed by atoms with van der Waals surface area (Å²) in [5, 5.41) is 0. The van der Waals surface area contributed by atoms with Gasteiger partial charge in [0, 0.05) is 20.8 Å². The summed E-state index contributed by atoms with van der Waals surface area (Å²) in [5.74, 6) is -2.25. The Labute approximate surface area is 90.7 Å². The van der Waals surface area contributed by atoms with Crippen molar-refractivity contribution in [3.8, 4) is 0 Å². The summed E-state index contributed by atoms with van der Waals surface area (Å²) in [5.41, 5.74) is 0. The Morgan fingerprint density at radius 1 is 0.867 bits per heavy atom. The van der Waals surface area contributed by atoms with E-state index in [0.717, 1.165) is 20.8 Å². The molecule has 0 radical (unpaired) electrons. The molecule has 0 spiro atoms. The molecule has 0 N–H and O–H groups in total. The Morgan fingerprint density at radius 3 is 1.27 bits per heavy atom. The monoisotopic (exact) mass is 252 g/mol. The van der Waals surface area contributed by atoms with Crippen molar-refractivity contribution in [1.29, 1.82) is 0 Å². The third-order valence-corrected chi connectivity index (χ3v) is 4.67. The van der Waals surface area contributed by atoms with Crippen molar-refractivity contribution in [1.82, 2.24) is 0 Å². The van der Waals surface area contributed by atoms with E-state index in [1.807, 2.05) is 0 Å². The van der Waals surface area contributed by atoms with Crippen molar-refractivity contribution in [3.05, 3.63) is 0 Å². The molecular formula is C6H12O7Si2. The van der Waals surface area contributed by atoms with E-state index >= 15 is 0 Å². The van der Waals surface area contributed by atoms with Crippen LogP contribution in [-0.4, -0.2) is 37.4 Å². The molecule has 0 aliphatic rings. The fourth-order valence-electron chi connectivity index (χ4n) is 0.716.